The van der Waals surface area contributed by atoms with E-state index in [4.69, 9.17) is 19.9 Å². The smallest absolute Gasteiger partial charge is 0.306 e. The molecule has 1 aliphatic carbocycles. The number of carbonyl (C=O) groups excluding carboxylic acids is 1. The van der Waals surface area contributed by atoms with E-state index in [2.05, 4.69) is 0 Å². The third-order valence-corrected chi connectivity index (χ3v) is 5.33. The molecule has 3 rings (SSSR count). The van der Waals surface area contributed by atoms with Crippen LogP contribution in [0.25, 0.3) is 0 Å². The second kappa shape index (κ2) is 5.67. The van der Waals surface area contributed by atoms with E-state index in [1.165, 1.54) is 7.11 Å². The number of benzene rings is 1. The topological polar surface area (TPSA) is 70.8 Å². The van der Waals surface area contributed by atoms with Crippen molar-refractivity contribution in [2.75, 3.05) is 31.8 Å². The molecule has 0 saturated heterocycles. The predicted molar refractivity (Wildman–Crippen MR) is 80.9 cm³/mol. The Morgan fingerprint density at radius 2 is 2.00 bits per heavy atom. The van der Waals surface area contributed by atoms with Gasteiger partial charge in [-0.3, -0.25) is 4.79 Å². The van der Waals surface area contributed by atoms with Crippen LogP contribution in [0.1, 0.15) is 19.3 Å². The minimum atomic E-state index is -0.136. The Bertz CT molecular complexity index is 557. The van der Waals surface area contributed by atoms with Gasteiger partial charge in [0.15, 0.2) is 11.5 Å². The Morgan fingerprint density at radius 1 is 1.33 bits per heavy atom. The fourth-order valence-corrected chi connectivity index (χ4v) is 3.64. The summed E-state index contributed by atoms with van der Waals surface area (Å²) in [6.45, 7) is 1.12. The van der Waals surface area contributed by atoms with Gasteiger partial charge in [-0.05, 0) is 24.3 Å². The van der Waals surface area contributed by atoms with Gasteiger partial charge in [0.2, 0.25) is 0 Å². The molecule has 5 nitrogen and oxygen atoms in total. The van der Waals surface area contributed by atoms with Crippen molar-refractivity contribution in [2.45, 2.75) is 24.2 Å². The van der Waals surface area contributed by atoms with Gasteiger partial charge in [-0.1, -0.05) is 0 Å². The number of rotatable bonds is 5. The average Bonchev–Trinajstić information content (AvgIpc) is 3.25. The number of anilines is 1. The summed E-state index contributed by atoms with van der Waals surface area (Å²) in [6, 6.07) is 3.75. The Balaban J connectivity index is 1.67. The van der Waals surface area contributed by atoms with Crippen molar-refractivity contribution in [3.63, 3.8) is 0 Å². The van der Waals surface area contributed by atoms with E-state index in [1.807, 2.05) is 12.1 Å². The van der Waals surface area contributed by atoms with Gasteiger partial charge in [0.05, 0.1) is 13.5 Å². The largest absolute Gasteiger partial charge is 0.486 e. The molecule has 2 N–H and O–H groups in total. The van der Waals surface area contributed by atoms with Gasteiger partial charge in [-0.2, -0.15) is 0 Å². The minimum absolute atomic E-state index is 0.0808. The number of nitrogen functional groups attached to an aromatic ring is 1. The van der Waals surface area contributed by atoms with E-state index in [1.54, 1.807) is 11.8 Å². The number of fused-ring (bicyclic) bond motifs is 1. The van der Waals surface area contributed by atoms with Crippen molar-refractivity contribution in [3.05, 3.63) is 12.1 Å². The van der Waals surface area contributed by atoms with Crippen LogP contribution in [0.5, 0.6) is 11.5 Å². The van der Waals surface area contributed by atoms with Gasteiger partial charge in [0, 0.05) is 22.4 Å². The van der Waals surface area contributed by atoms with Crippen LogP contribution in [0.15, 0.2) is 17.0 Å². The molecular weight excluding hydrogens is 290 g/mol. The van der Waals surface area contributed by atoms with Crippen LogP contribution < -0.4 is 15.2 Å². The van der Waals surface area contributed by atoms with Crippen molar-refractivity contribution in [3.8, 4) is 11.5 Å². The van der Waals surface area contributed by atoms with E-state index >= 15 is 0 Å². The van der Waals surface area contributed by atoms with Gasteiger partial charge in [0.25, 0.3) is 0 Å². The zero-order valence-corrected chi connectivity index (χ0v) is 12.8. The Hall–Kier alpha value is -1.56. The van der Waals surface area contributed by atoms with E-state index < -0.39 is 0 Å². The van der Waals surface area contributed by atoms with Crippen LogP contribution in [-0.4, -0.2) is 32.0 Å². The highest BCUT2D eigenvalue weighted by Gasteiger charge is 2.44. The summed E-state index contributed by atoms with van der Waals surface area (Å²) in [7, 11) is 1.43. The number of ether oxygens (including phenoxy) is 3. The van der Waals surface area contributed by atoms with Gasteiger partial charge >= 0.3 is 5.97 Å². The molecule has 0 bridgehead atoms. The van der Waals surface area contributed by atoms with Crippen LogP contribution in [0.4, 0.5) is 5.69 Å². The molecule has 0 spiro atoms. The molecule has 1 fully saturated rings. The molecule has 0 unspecified atom stereocenters. The van der Waals surface area contributed by atoms with Crippen molar-refractivity contribution >= 4 is 23.4 Å². The van der Waals surface area contributed by atoms with Crippen molar-refractivity contribution < 1.29 is 19.0 Å². The second-order valence-electron chi connectivity index (χ2n) is 5.58. The monoisotopic (exact) mass is 309 g/mol. The maximum atomic E-state index is 11.4. The SMILES string of the molecule is COC(=O)CC1(CSc2cc3c(cc2N)OCCO3)CC1. The third-order valence-electron chi connectivity index (χ3n) is 3.91. The number of hydrogen-bond acceptors (Lipinski definition) is 6. The van der Waals surface area contributed by atoms with Crippen LogP contribution >= 0.6 is 11.8 Å². The average molecular weight is 309 g/mol. The molecule has 6 heteroatoms. The van der Waals surface area contributed by atoms with E-state index in [0.29, 0.717) is 31.1 Å². The molecule has 1 aliphatic heterocycles. The molecule has 1 saturated carbocycles. The molecule has 21 heavy (non-hydrogen) atoms. The van der Waals surface area contributed by atoms with Gasteiger partial charge < -0.3 is 19.9 Å². The molecule has 0 atom stereocenters. The van der Waals surface area contributed by atoms with Crippen molar-refractivity contribution in [1.29, 1.82) is 0 Å². The number of esters is 1. The normalized spacial score (nSPS) is 18.1. The van der Waals surface area contributed by atoms with Crippen LogP contribution in [0, 0.1) is 5.41 Å². The molecule has 1 heterocycles. The fourth-order valence-electron chi connectivity index (χ4n) is 2.37. The highest BCUT2D eigenvalue weighted by molar-refractivity contribution is 7.99. The quantitative estimate of drug-likeness (QED) is 0.512. The van der Waals surface area contributed by atoms with Crippen LogP contribution in [0.3, 0.4) is 0 Å². The Kier molecular flexibility index (Phi) is 3.89. The second-order valence-corrected chi connectivity index (χ2v) is 6.59. The first kappa shape index (κ1) is 14.4. The first-order valence-corrected chi connectivity index (χ1v) is 7.99. The zero-order valence-electron chi connectivity index (χ0n) is 12.0. The van der Waals surface area contributed by atoms with Crippen LogP contribution in [-0.2, 0) is 9.53 Å². The van der Waals surface area contributed by atoms with Gasteiger partial charge in [-0.15, -0.1) is 11.8 Å². The third kappa shape index (κ3) is 3.20. The van der Waals surface area contributed by atoms with Crippen molar-refractivity contribution in [2.24, 2.45) is 5.41 Å². The fraction of sp³-hybridized carbons (Fsp3) is 0.533. The lowest BCUT2D eigenvalue weighted by atomic mass is 10.1. The summed E-state index contributed by atoms with van der Waals surface area (Å²) in [4.78, 5) is 12.4. The Labute approximate surface area is 128 Å². The number of hydrogen-bond donors (Lipinski definition) is 1. The minimum Gasteiger partial charge on any atom is -0.486 e. The summed E-state index contributed by atoms with van der Waals surface area (Å²) in [5, 5.41) is 0. The lowest BCUT2D eigenvalue weighted by Gasteiger charge is -2.20. The maximum absolute atomic E-state index is 11.4. The summed E-state index contributed by atoms with van der Waals surface area (Å²) in [5.74, 6) is 2.18. The van der Waals surface area contributed by atoms with Gasteiger partial charge in [0.1, 0.15) is 13.2 Å². The number of nitrogens with two attached hydrogens (primary N) is 1. The maximum Gasteiger partial charge on any atom is 0.306 e. The standard InChI is InChI=1S/C15H19NO4S/c1-18-14(17)8-15(2-3-15)9-21-13-7-12-11(6-10(13)16)19-4-5-20-12/h6-7H,2-5,8-9,16H2,1H3. The van der Waals surface area contributed by atoms with Crippen LogP contribution in [0.2, 0.25) is 0 Å². The van der Waals surface area contributed by atoms with E-state index in [-0.39, 0.29) is 11.4 Å². The summed E-state index contributed by atoms with van der Waals surface area (Å²) >= 11 is 1.67. The highest BCUT2D eigenvalue weighted by atomic mass is 32.2. The zero-order chi connectivity index (χ0) is 14.9. The summed E-state index contributed by atoms with van der Waals surface area (Å²) < 4.78 is 15.9. The predicted octanol–water partition coefficient (Wildman–Crippen LogP) is 2.48. The molecular formula is C15H19NO4S. The van der Waals surface area contributed by atoms with Crippen molar-refractivity contribution in [1.82, 2.24) is 0 Å². The molecule has 0 amide bonds. The number of methoxy groups -OCH3 is 1. The lowest BCUT2D eigenvalue weighted by Crippen LogP contribution is -2.16. The molecule has 114 valence electrons. The number of carbonyl (C=O) groups is 1. The molecule has 0 aromatic heterocycles. The highest BCUT2D eigenvalue weighted by Crippen LogP contribution is 2.53. The molecule has 2 aliphatic rings. The lowest BCUT2D eigenvalue weighted by molar-refractivity contribution is -0.141. The number of thioether (sulfide) groups is 1. The first-order valence-electron chi connectivity index (χ1n) is 7.01. The molecule has 0 radical (unpaired) electrons. The van der Waals surface area contributed by atoms with E-state index in [9.17, 15) is 4.79 Å². The van der Waals surface area contributed by atoms with Gasteiger partial charge in [-0.25, -0.2) is 0 Å². The first-order chi connectivity index (χ1) is 10.1. The molecule has 1 aromatic rings. The summed E-state index contributed by atoms with van der Waals surface area (Å²) in [6.07, 6.45) is 2.63. The molecule has 1 aromatic carbocycles. The Morgan fingerprint density at radius 3 is 2.62 bits per heavy atom. The van der Waals surface area contributed by atoms with E-state index in [0.717, 1.165) is 29.2 Å². The summed E-state index contributed by atoms with van der Waals surface area (Å²) in [5.41, 5.74) is 6.85.